The van der Waals surface area contributed by atoms with E-state index < -0.39 is 33.8 Å². The minimum absolute atomic E-state index is 0.0165. The lowest BCUT2D eigenvalue weighted by atomic mass is 9.86. The fourth-order valence-corrected chi connectivity index (χ4v) is 6.30. The Morgan fingerprint density at radius 1 is 1.05 bits per heavy atom. The van der Waals surface area contributed by atoms with E-state index in [9.17, 15) is 22.2 Å². The van der Waals surface area contributed by atoms with E-state index in [0.29, 0.717) is 11.1 Å². The van der Waals surface area contributed by atoms with Gasteiger partial charge in [0, 0.05) is 33.8 Å². The average Bonchev–Trinajstić information content (AvgIpc) is 3.25. The van der Waals surface area contributed by atoms with Crippen LogP contribution in [0.25, 0.3) is 0 Å². The molecule has 0 aromatic heterocycles. The van der Waals surface area contributed by atoms with Crippen molar-refractivity contribution in [2.24, 2.45) is 9.52 Å². The molecule has 2 unspecified atom stereocenters. The Hall–Kier alpha value is -2.59. The Morgan fingerprint density at radius 3 is 2.30 bits per heavy atom. The van der Waals surface area contributed by atoms with Crippen LogP contribution in [0, 0.1) is 6.92 Å². The first-order valence-corrected chi connectivity index (χ1v) is 13.7. The van der Waals surface area contributed by atoms with Crippen molar-refractivity contribution in [3.8, 4) is 0 Å². The molecule has 3 aromatic rings. The number of aryl methyl sites for hydroxylation is 1. The van der Waals surface area contributed by atoms with Gasteiger partial charge in [-0.25, -0.2) is 4.21 Å². The van der Waals surface area contributed by atoms with Gasteiger partial charge in [0.1, 0.15) is 0 Å². The predicted octanol–water partition coefficient (Wildman–Crippen LogP) is 7.83. The largest absolute Gasteiger partial charge is 0.435 e. The van der Waals surface area contributed by atoms with Gasteiger partial charge in [-0.15, -0.1) is 0 Å². The third-order valence-corrected chi connectivity index (χ3v) is 8.37. The number of hydrogen-bond donors (Lipinski definition) is 0. The molecule has 3 aromatic carbocycles. The summed E-state index contributed by atoms with van der Waals surface area (Å²) in [6, 6.07) is 14.3. The van der Waals surface area contributed by atoms with Gasteiger partial charge in [0.05, 0.1) is 25.4 Å². The SMILES string of the molecule is Cc1cc(C2=NOC(c3cc(Cl)cc(Cl)c3)(C(F)(F)F)C2)ccc1C(=O)N=S(C)(=O)c1ccccc1Cl. The molecule has 0 saturated carbocycles. The van der Waals surface area contributed by atoms with Gasteiger partial charge in [-0.2, -0.15) is 17.5 Å². The number of benzene rings is 3. The summed E-state index contributed by atoms with van der Waals surface area (Å²) in [6.07, 6.45) is -4.17. The standard InChI is InChI=1S/C25H18Cl3F3N2O3S/c1-14-9-15(7-8-19(14)23(34)33-37(2,35)22-6-4-3-5-20(22)28)21-13-24(36-32-21,25(29,30)31)16-10-17(26)12-18(27)11-16/h3-12H,13H2,1-2H3. The first-order chi connectivity index (χ1) is 17.2. The molecule has 1 aliphatic rings. The maximum Gasteiger partial charge on any atom is 0.435 e. The second-order valence-electron chi connectivity index (χ2n) is 8.45. The summed E-state index contributed by atoms with van der Waals surface area (Å²) in [7, 11) is -3.15. The van der Waals surface area contributed by atoms with E-state index in [0.717, 1.165) is 12.1 Å². The number of carbonyl (C=O) groups is 1. The number of alkyl halides is 3. The van der Waals surface area contributed by atoms with E-state index in [1.807, 2.05) is 0 Å². The molecular weight excluding hydrogens is 572 g/mol. The van der Waals surface area contributed by atoms with Gasteiger partial charge in [0.15, 0.2) is 0 Å². The molecule has 0 fully saturated rings. The van der Waals surface area contributed by atoms with E-state index in [1.165, 1.54) is 36.6 Å². The van der Waals surface area contributed by atoms with Crippen molar-refractivity contribution >= 4 is 56.2 Å². The number of carbonyl (C=O) groups excluding carboxylic acids is 1. The molecule has 0 spiro atoms. The second-order valence-corrected chi connectivity index (χ2v) is 12.0. The summed E-state index contributed by atoms with van der Waals surface area (Å²) in [5.74, 6) is -0.751. The molecule has 0 aliphatic carbocycles. The molecule has 1 amide bonds. The molecule has 1 aliphatic heterocycles. The van der Waals surface area contributed by atoms with Gasteiger partial charge in [-0.3, -0.25) is 4.79 Å². The zero-order valence-corrected chi connectivity index (χ0v) is 22.4. The van der Waals surface area contributed by atoms with Gasteiger partial charge in [0.25, 0.3) is 11.5 Å². The molecule has 12 heteroatoms. The van der Waals surface area contributed by atoms with Gasteiger partial charge in [-0.1, -0.05) is 58.2 Å². The molecular formula is C25H18Cl3F3N2O3S. The molecule has 2 atom stereocenters. The number of hydrogen-bond acceptors (Lipinski definition) is 4. The van der Waals surface area contributed by atoms with Crippen LogP contribution < -0.4 is 0 Å². The average molecular weight is 590 g/mol. The van der Waals surface area contributed by atoms with Crippen LogP contribution in [0.15, 0.2) is 75.1 Å². The van der Waals surface area contributed by atoms with Crippen molar-refractivity contribution in [3.63, 3.8) is 0 Å². The highest BCUT2D eigenvalue weighted by Crippen LogP contribution is 2.49. The second kappa shape index (κ2) is 9.94. The Morgan fingerprint density at radius 2 is 1.70 bits per heavy atom. The van der Waals surface area contributed by atoms with Crippen LogP contribution in [0.1, 0.15) is 33.5 Å². The van der Waals surface area contributed by atoms with Crippen LogP contribution in [0.5, 0.6) is 0 Å². The number of oxime groups is 1. The number of rotatable bonds is 4. The third-order valence-electron chi connectivity index (χ3n) is 5.81. The van der Waals surface area contributed by atoms with Crippen molar-refractivity contribution in [2.45, 2.75) is 30.0 Å². The highest BCUT2D eigenvalue weighted by atomic mass is 35.5. The minimum Gasteiger partial charge on any atom is -0.374 e. The van der Waals surface area contributed by atoms with Crippen LogP contribution in [-0.4, -0.2) is 28.3 Å². The molecule has 0 bridgehead atoms. The summed E-state index contributed by atoms with van der Waals surface area (Å²) in [5.41, 5.74) is -2.19. The Bertz CT molecular complexity index is 1550. The Balaban J connectivity index is 1.66. The first-order valence-electron chi connectivity index (χ1n) is 10.6. The highest BCUT2D eigenvalue weighted by Gasteiger charge is 2.62. The fraction of sp³-hybridized carbons (Fsp3) is 0.200. The topological polar surface area (TPSA) is 68.1 Å². The lowest BCUT2D eigenvalue weighted by Gasteiger charge is -2.29. The summed E-state index contributed by atoms with van der Waals surface area (Å²) in [5, 5.41) is 3.99. The van der Waals surface area contributed by atoms with E-state index in [4.69, 9.17) is 39.6 Å². The van der Waals surface area contributed by atoms with E-state index in [2.05, 4.69) is 9.52 Å². The van der Waals surface area contributed by atoms with Gasteiger partial charge in [-0.05, 0) is 60.5 Å². The number of halogens is 6. The molecule has 1 heterocycles. The van der Waals surface area contributed by atoms with Gasteiger partial charge < -0.3 is 4.84 Å². The summed E-state index contributed by atoms with van der Waals surface area (Å²) in [6.45, 7) is 1.59. The van der Waals surface area contributed by atoms with Crippen LogP contribution in [0.2, 0.25) is 15.1 Å². The third kappa shape index (κ3) is 5.36. The van der Waals surface area contributed by atoms with E-state index >= 15 is 0 Å². The Labute approximate surface area is 226 Å². The van der Waals surface area contributed by atoms with Crippen LogP contribution in [0.4, 0.5) is 13.2 Å². The first kappa shape index (κ1) is 27.4. The van der Waals surface area contributed by atoms with Gasteiger partial charge in [0.2, 0.25) is 0 Å². The molecule has 0 N–H and O–H groups in total. The number of amides is 1. The molecule has 37 heavy (non-hydrogen) atoms. The normalized spacial score (nSPS) is 19.1. The minimum atomic E-state index is -4.84. The van der Waals surface area contributed by atoms with E-state index in [1.54, 1.807) is 25.1 Å². The summed E-state index contributed by atoms with van der Waals surface area (Å²) >= 11 is 18.0. The lowest BCUT2D eigenvalue weighted by Crippen LogP contribution is -2.42. The van der Waals surface area contributed by atoms with Crippen molar-refractivity contribution in [3.05, 3.63) is 98.0 Å². The number of nitrogens with zero attached hydrogens (tertiary/aromatic N) is 2. The molecule has 5 nitrogen and oxygen atoms in total. The van der Waals surface area contributed by atoms with Crippen molar-refractivity contribution in [1.82, 2.24) is 0 Å². The van der Waals surface area contributed by atoms with Crippen molar-refractivity contribution in [1.29, 1.82) is 0 Å². The zero-order valence-electron chi connectivity index (χ0n) is 19.3. The van der Waals surface area contributed by atoms with Crippen molar-refractivity contribution < 1.29 is 27.0 Å². The fourth-order valence-electron chi connectivity index (χ4n) is 3.94. The van der Waals surface area contributed by atoms with Crippen molar-refractivity contribution in [2.75, 3.05) is 6.26 Å². The summed E-state index contributed by atoms with van der Waals surface area (Å²) in [4.78, 5) is 18.1. The maximum atomic E-state index is 14.3. The molecule has 4 rings (SSSR count). The molecule has 194 valence electrons. The molecule has 0 saturated heterocycles. The zero-order chi connectivity index (χ0) is 27.2. The van der Waals surface area contributed by atoms with Crippen LogP contribution in [0.3, 0.4) is 0 Å². The summed E-state index contributed by atoms with van der Waals surface area (Å²) < 4.78 is 59.7. The van der Waals surface area contributed by atoms with Crippen LogP contribution in [-0.2, 0) is 20.2 Å². The smallest absolute Gasteiger partial charge is 0.374 e. The predicted molar refractivity (Wildman–Crippen MR) is 138 cm³/mol. The van der Waals surface area contributed by atoms with Crippen LogP contribution >= 0.6 is 34.8 Å². The maximum absolute atomic E-state index is 14.3. The van der Waals surface area contributed by atoms with Gasteiger partial charge >= 0.3 is 6.18 Å². The monoisotopic (exact) mass is 588 g/mol. The lowest BCUT2D eigenvalue weighted by molar-refractivity contribution is -0.275. The quantitative estimate of drug-likeness (QED) is 0.311. The highest BCUT2D eigenvalue weighted by molar-refractivity contribution is 7.93. The van der Waals surface area contributed by atoms with E-state index in [-0.39, 0.29) is 36.8 Å². The molecule has 0 radical (unpaired) electrons. The Kier molecular flexibility index (Phi) is 7.38.